The highest BCUT2D eigenvalue weighted by molar-refractivity contribution is 5.94. The highest BCUT2D eigenvalue weighted by atomic mass is 16.2. The van der Waals surface area contributed by atoms with Crippen LogP contribution in [-0.2, 0) is 11.2 Å². The van der Waals surface area contributed by atoms with Gasteiger partial charge < -0.3 is 5.32 Å². The monoisotopic (exact) mass is 253 g/mol. The van der Waals surface area contributed by atoms with Gasteiger partial charge in [-0.3, -0.25) is 4.79 Å². The molecule has 0 saturated heterocycles. The molecule has 1 amide bonds. The van der Waals surface area contributed by atoms with Gasteiger partial charge in [-0.2, -0.15) is 0 Å². The molecule has 19 heavy (non-hydrogen) atoms. The van der Waals surface area contributed by atoms with Crippen molar-refractivity contribution in [1.29, 1.82) is 0 Å². The van der Waals surface area contributed by atoms with Gasteiger partial charge in [-0.15, -0.1) is 0 Å². The number of para-hydroxylation sites is 1. The van der Waals surface area contributed by atoms with Crippen molar-refractivity contribution in [1.82, 2.24) is 0 Å². The van der Waals surface area contributed by atoms with E-state index in [1.54, 1.807) is 0 Å². The van der Waals surface area contributed by atoms with Crippen LogP contribution < -0.4 is 5.32 Å². The average molecular weight is 253 g/mol. The molecule has 0 saturated carbocycles. The summed E-state index contributed by atoms with van der Waals surface area (Å²) in [5.41, 5.74) is 1.58. The third-order valence-corrected chi connectivity index (χ3v) is 3.14. The van der Waals surface area contributed by atoms with Crippen LogP contribution in [-0.4, -0.2) is 5.91 Å². The van der Waals surface area contributed by atoms with Gasteiger partial charge in [0.25, 0.3) is 0 Å². The standard InChI is InChI=1S/C17H19NO/c1-17(2,13-14-9-5-3-6-10-14)16(19)18-15-11-7-4-8-12-15/h3-12H,13H2,1-2H3,(H,18,19). The Morgan fingerprint density at radius 1 is 0.947 bits per heavy atom. The van der Waals surface area contributed by atoms with Gasteiger partial charge in [0.05, 0.1) is 0 Å². The molecule has 0 aliphatic carbocycles. The lowest BCUT2D eigenvalue weighted by Gasteiger charge is -2.23. The van der Waals surface area contributed by atoms with Gasteiger partial charge in [-0.05, 0) is 24.1 Å². The minimum atomic E-state index is -0.433. The van der Waals surface area contributed by atoms with Gasteiger partial charge in [-0.25, -0.2) is 0 Å². The van der Waals surface area contributed by atoms with Crippen LogP contribution >= 0.6 is 0 Å². The number of anilines is 1. The van der Waals surface area contributed by atoms with E-state index in [2.05, 4.69) is 17.4 Å². The third-order valence-electron chi connectivity index (χ3n) is 3.14. The Bertz CT molecular complexity index is 532. The Morgan fingerprint density at radius 3 is 2.05 bits per heavy atom. The molecule has 98 valence electrons. The maximum absolute atomic E-state index is 12.3. The van der Waals surface area contributed by atoms with Crippen LogP contribution in [0.5, 0.6) is 0 Å². The Morgan fingerprint density at radius 2 is 1.47 bits per heavy atom. The van der Waals surface area contributed by atoms with Gasteiger partial charge in [0.1, 0.15) is 0 Å². The molecule has 0 aromatic heterocycles. The first kappa shape index (κ1) is 13.3. The van der Waals surface area contributed by atoms with Crippen molar-refractivity contribution in [2.75, 3.05) is 5.32 Å². The fraction of sp³-hybridized carbons (Fsp3) is 0.235. The summed E-state index contributed by atoms with van der Waals surface area (Å²) in [6.45, 7) is 3.94. The molecule has 0 bridgehead atoms. The van der Waals surface area contributed by atoms with Crippen molar-refractivity contribution in [3.63, 3.8) is 0 Å². The van der Waals surface area contributed by atoms with E-state index in [0.717, 1.165) is 12.1 Å². The van der Waals surface area contributed by atoms with E-state index >= 15 is 0 Å². The smallest absolute Gasteiger partial charge is 0.230 e. The van der Waals surface area contributed by atoms with Gasteiger partial charge in [0.2, 0.25) is 5.91 Å². The second-order valence-corrected chi connectivity index (χ2v) is 5.37. The molecular weight excluding hydrogens is 234 g/mol. The first-order chi connectivity index (χ1) is 9.08. The summed E-state index contributed by atoms with van der Waals surface area (Å²) >= 11 is 0. The average Bonchev–Trinajstić information content (AvgIpc) is 2.40. The lowest BCUT2D eigenvalue weighted by molar-refractivity contribution is -0.123. The zero-order valence-electron chi connectivity index (χ0n) is 11.4. The minimum absolute atomic E-state index is 0.0440. The van der Waals surface area contributed by atoms with Gasteiger partial charge in [0.15, 0.2) is 0 Å². The molecule has 0 fully saturated rings. The van der Waals surface area contributed by atoms with Crippen molar-refractivity contribution in [3.05, 3.63) is 66.2 Å². The molecule has 2 aromatic rings. The zero-order chi connectivity index (χ0) is 13.7. The maximum atomic E-state index is 12.3. The summed E-state index contributed by atoms with van der Waals surface area (Å²) in [6.07, 6.45) is 0.729. The fourth-order valence-electron chi connectivity index (χ4n) is 2.01. The minimum Gasteiger partial charge on any atom is -0.326 e. The first-order valence-corrected chi connectivity index (χ1v) is 6.48. The summed E-state index contributed by atoms with van der Waals surface area (Å²) < 4.78 is 0. The fourth-order valence-corrected chi connectivity index (χ4v) is 2.01. The van der Waals surface area contributed by atoms with E-state index < -0.39 is 5.41 Å². The van der Waals surface area contributed by atoms with E-state index in [0.29, 0.717) is 0 Å². The maximum Gasteiger partial charge on any atom is 0.230 e. The van der Waals surface area contributed by atoms with Crippen LogP contribution in [0.25, 0.3) is 0 Å². The Hall–Kier alpha value is -2.09. The first-order valence-electron chi connectivity index (χ1n) is 6.48. The van der Waals surface area contributed by atoms with Crippen LogP contribution in [0.1, 0.15) is 19.4 Å². The zero-order valence-corrected chi connectivity index (χ0v) is 11.4. The van der Waals surface area contributed by atoms with Crippen LogP contribution in [0.4, 0.5) is 5.69 Å². The van der Waals surface area contributed by atoms with Crippen molar-refractivity contribution in [2.24, 2.45) is 5.41 Å². The SMILES string of the molecule is CC(C)(Cc1ccccc1)C(=O)Nc1ccccc1. The van der Waals surface area contributed by atoms with E-state index in [-0.39, 0.29) is 5.91 Å². The molecule has 0 radical (unpaired) electrons. The van der Waals surface area contributed by atoms with Crippen LogP contribution in [0.15, 0.2) is 60.7 Å². The number of carbonyl (C=O) groups is 1. The van der Waals surface area contributed by atoms with E-state index in [1.165, 1.54) is 5.56 Å². The quantitative estimate of drug-likeness (QED) is 0.879. The number of carbonyl (C=O) groups excluding carboxylic acids is 1. The molecule has 0 spiro atoms. The molecule has 0 aliphatic heterocycles. The lowest BCUT2D eigenvalue weighted by atomic mass is 9.85. The summed E-state index contributed by atoms with van der Waals surface area (Å²) in [5.74, 6) is 0.0440. The molecule has 1 N–H and O–H groups in total. The predicted octanol–water partition coefficient (Wildman–Crippen LogP) is 3.89. The molecule has 2 heteroatoms. The largest absolute Gasteiger partial charge is 0.326 e. The predicted molar refractivity (Wildman–Crippen MR) is 79.0 cm³/mol. The number of rotatable bonds is 4. The molecule has 0 aliphatic rings. The lowest BCUT2D eigenvalue weighted by Crippen LogP contribution is -2.32. The van der Waals surface area contributed by atoms with Crippen LogP contribution in [0, 0.1) is 5.41 Å². The number of hydrogen-bond donors (Lipinski definition) is 1. The summed E-state index contributed by atoms with van der Waals surface area (Å²) in [5, 5.41) is 2.96. The Kier molecular flexibility index (Phi) is 4.00. The summed E-state index contributed by atoms with van der Waals surface area (Å²) in [4.78, 5) is 12.3. The van der Waals surface area contributed by atoms with Crippen molar-refractivity contribution in [3.8, 4) is 0 Å². The summed E-state index contributed by atoms with van der Waals surface area (Å²) in [7, 11) is 0. The van der Waals surface area contributed by atoms with E-state index in [1.807, 2.05) is 62.4 Å². The molecule has 0 heterocycles. The third kappa shape index (κ3) is 3.68. The van der Waals surface area contributed by atoms with Gasteiger partial charge >= 0.3 is 0 Å². The Labute approximate surface area is 114 Å². The molecule has 2 nitrogen and oxygen atoms in total. The van der Waals surface area contributed by atoms with Crippen molar-refractivity contribution >= 4 is 11.6 Å². The second kappa shape index (κ2) is 5.70. The molecule has 0 atom stereocenters. The normalized spacial score (nSPS) is 11.1. The highest BCUT2D eigenvalue weighted by Gasteiger charge is 2.27. The van der Waals surface area contributed by atoms with Gasteiger partial charge in [0, 0.05) is 11.1 Å². The van der Waals surface area contributed by atoms with Gasteiger partial charge in [-0.1, -0.05) is 62.4 Å². The van der Waals surface area contributed by atoms with Crippen LogP contribution in [0.3, 0.4) is 0 Å². The van der Waals surface area contributed by atoms with E-state index in [9.17, 15) is 4.79 Å². The number of benzene rings is 2. The second-order valence-electron chi connectivity index (χ2n) is 5.37. The Balaban J connectivity index is 2.05. The molecular formula is C17H19NO. The number of amides is 1. The van der Waals surface area contributed by atoms with E-state index in [4.69, 9.17) is 0 Å². The number of nitrogens with one attached hydrogen (secondary N) is 1. The topological polar surface area (TPSA) is 29.1 Å². The molecule has 2 rings (SSSR count). The summed E-state index contributed by atoms with van der Waals surface area (Å²) in [6, 6.07) is 19.7. The molecule has 2 aromatic carbocycles. The van der Waals surface area contributed by atoms with Crippen molar-refractivity contribution in [2.45, 2.75) is 20.3 Å². The van der Waals surface area contributed by atoms with Crippen LogP contribution in [0.2, 0.25) is 0 Å². The van der Waals surface area contributed by atoms with Crippen molar-refractivity contribution < 1.29 is 4.79 Å². The number of hydrogen-bond acceptors (Lipinski definition) is 1. The highest BCUT2D eigenvalue weighted by Crippen LogP contribution is 2.24. The molecule has 0 unspecified atom stereocenters.